The molecule has 0 bridgehead atoms. The molecule has 8 heteroatoms. The van der Waals surface area contributed by atoms with Crippen LogP contribution in [-0.4, -0.2) is 52.4 Å². The molecule has 1 saturated heterocycles. The number of aryl methyl sites for hydroxylation is 1. The minimum atomic E-state index is -0.137. The first-order valence-electron chi connectivity index (χ1n) is 9.14. The van der Waals surface area contributed by atoms with Gasteiger partial charge in [0.1, 0.15) is 0 Å². The van der Waals surface area contributed by atoms with E-state index in [0.29, 0.717) is 23.9 Å². The van der Waals surface area contributed by atoms with Gasteiger partial charge in [-0.05, 0) is 42.8 Å². The van der Waals surface area contributed by atoms with E-state index in [-0.39, 0.29) is 11.6 Å². The van der Waals surface area contributed by atoms with Gasteiger partial charge in [0, 0.05) is 42.6 Å². The van der Waals surface area contributed by atoms with E-state index in [1.54, 1.807) is 12.1 Å². The van der Waals surface area contributed by atoms with Crippen molar-refractivity contribution in [2.45, 2.75) is 6.92 Å². The SMILES string of the molecule is Cc1cccc(N2CCN(C(=O)c3n[nH]nc3Nc3cccc(Cl)c3)CC2)c1. The maximum atomic E-state index is 13.0. The van der Waals surface area contributed by atoms with Crippen LogP contribution in [0.15, 0.2) is 48.5 Å². The minimum Gasteiger partial charge on any atom is -0.368 e. The summed E-state index contributed by atoms with van der Waals surface area (Å²) in [6.45, 7) is 4.92. The van der Waals surface area contributed by atoms with E-state index in [9.17, 15) is 4.79 Å². The Morgan fingerprint density at radius 3 is 2.61 bits per heavy atom. The molecule has 0 aliphatic carbocycles. The summed E-state index contributed by atoms with van der Waals surface area (Å²) in [6.07, 6.45) is 0. The van der Waals surface area contributed by atoms with Crippen LogP contribution in [0.3, 0.4) is 0 Å². The van der Waals surface area contributed by atoms with Gasteiger partial charge in [-0.3, -0.25) is 4.79 Å². The van der Waals surface area contributed by atoms with Gasteiger partial charge in [0.05, 0.1) is 0 Å². The number of halogens is 1. The lowest BCUT2D eigenvalue weighted by Crippen LogP contribution is -2.49. The monoisotopic (exact) mass is 396 g/mol. The quantitative estimate of drug-likeness (QED) is 0.706. The highest BCUT2D eigenvalue weighted by Crippen LogP contribution is 2.22. The van der Waals surface area contributed by atoms with Crippen LogP contribution in [-0.2, 0) is 0 Å². The van der Waals surface area contributed by atoms with Crippen LogP contribution < -0.4 is 10.2 Å². The Labute approximate surface area is 168 Å². The molecule has 4 rings (SSSR count). The number of hydrogen-bond donors (Lipinski definition) is 2. The number of anilines is 3. The minimum absolute atomic E-state index is 0.137. The van der Waals surface area contributed by atoms with Crippen LogP contribution in [0.2, 0.25) is 5.02 Å². The van der Waals surface area contributed by atoms with Crippen molar-refractivity contribution < 1.29 is 4.79 Å². The van der Waals surface area contributed by atoms with Crippen molar-refractivity contribution in [1.82, 2.24) is 20.3 Å². The van der Waals surface area contributed by atoms with Crippen LogP contribution in [0.25, 0.3) is 0 Å². The van der Waals surface area contributed by atoms with Crippen molar-refractivity contribution in [1.29, 1.82) is 0 Å². The lowest BCUT2D eigenvalue weighted by atomic mass is 10.2. The molecule has 2 heterocycles. The van der Waals surface area contributed by atoms with E-state index >= 15 is 0 Å². The summed E-state index contributed by atoms with van der Waals surface area (Å²) < 4.78 is 0. The highest BCUT2D eigenvalue weighted by Gasteiger charge is 2.26. The average Bonchev–Trinajstić information content (AvgIpc) is 3.15. The van der Waals surface area contributed by atoms with Crippen molar-refractivity contribution in [2.75, 3.05) is 36.4 Å². The number of aromatic amines is 1. The van der Waals surface area contributed by atoms with Crippen LogP contribution in [0.1, 0.15) is 16.1 Å². The van der Waals surface area contributed by atoms with Crippen molar-refractivity contribution in [3.8, 4) is 0 Å². The van der Waals surface area contributed by atoms with E-state index in [1.165, 1.54) is 11.3 Å². The molecule has 144 valence electrons. The van der Waals surface area contributed by atoms with Gasteiger partial charge in [-0.1, -0.05) is 29.8 Å². The number of benzene rings is 2. The fourth-order valence-electron chi connectivity index (χ4n) is 3.31. The van der Waals surface area contributed by atoms with Gasteiger partial charge >= 0.3 is 0 Å². The molecule has 2 aromatic carbocycles. The third kappa shape index (κ3) is 3.94. The van der Waals surface area contributed by atoms with Gasteiger partial charge < -0.3 is 15.1 Å². The zero-order valence-electron chi connectivity index (χ0n) is 15.5. The molecule has 0 spiro atoms. The average molecular weight is 397 g/mol. The van der Waals surface area contributed by atoms with Gasteiger partial charge in [-0.2, -0.15) is 5.21 Å². The van der Waals surface area contributed by atoms with E-state index < -0.39 is 0 Å². The first-order valence-corrected chi connectivity index (χ1v) is 9.52. The number of carbonyl (C=O) groups is 1. The molecule has 1 fully saturated rings. The van der Waals surface area contributed by atoms with Crippen molar-refractivity contribution in [2.24, 2.45) is 0 Å². The first-order chi connectivity index (χ1) is 13.6. The smallest absolute Gasteiger partial charge is 0.278 e. The summed E-state index contributed by atoms with van der Waals surface area (Å²) in [7, 11) is 0. The normalized spacial score (nSPS) is 14.2. The van der Waals surface area contributed by atoms with Crippen molar-refractivity contribution >= 4 is 34.7 Å². The molecule has 1 amide bonds. The Hall–Kier alpha value is -3.06. The molecule has 2 N–H and O–H groups in total. The Balaban J connectivity index is 1.43. The molecule has 1 aliphatic rings. The van der Waals surface area contributed by atoms with Gasteiger partial charge in [0.2, 0.25) is 0 Å². The molecule has 3 aromatic rings. The Morgan fingerprint density at radius 2 is 1.86 bits per heavy atom. The van der Waals surface area contributed by atoms with Gasteiger partial charge in [0.15, 0.2) is 11.5 Å². The van der Waals surface area contributed by atoms with Crippen LogP contribution in [0, 0.1) is 6.92 Å². The number of piperazine rings is 1. The van der Waals surface area contributed by atoms with E-state index in [0.717, 1.165) is 18.8 Å². The summed E-state index contributed by atoms with van der Waals surface area (Å²) in [5.74, 6) is 0.260. The first kappa shape index (κ1) is 18.3. The number of nitrogens with zero attached hydrogens (tertiary/aromatic N) is 4. The fourth-order valence-corrected chi connectivity index (χ4v) is 3.50. The third-order valence-corrected chi connectivity index (χ3v) is 5.01. The second kappa shape index (κ2) is 7.90. The number of aromatic nitrogens is 3. The Morgan fingerprint density at radius 1 is 1.07 bits per heavy atom. The van der Waals surface area contributed by atoms with Crippen molar-refractivity contribution in [3.63, 3.8) is 0 Å². The summed E-state index contributed by atoms with van der Waals surface area (Å²) in [6, 6.07) is 15.7. The number of carbonyl (C=O) groups excluding carboxylic acids is 1. The Kier molecular flexibility index (Phi) is 5.16. The van der Waals surface area contributed by atoms with Crippen molar-refractivity contribution in [3.05, 3.63) is 64.8 Å². The molecule has 28 heavy (non-hydrogen) atoms. The van der Waals surface area contributed by atoms with E-state index in [2.05, 4.69) is 56.8 Å². The van der Waals surface area contributed by atoms with Crippen LogP contribution in [0.5, 0.6) is 0 Å². The summed E-state index contributed by atoms with van der Waals surface area (Å²) >= 11 is 6.02. The third-order valence-electron chi connectivity index (χ3n) is 4.77. The number of H-pyrrole nitrogens is 1. The molecule has 1 aliphatic heterocycles. The maximum absolute atomic E-state index is 13.0. The Bertz CT molecular complexity index is 980. The molecule has 7 nitrogen and oxygen atoms in total. The number of amides is 1. The largest absolute Gasteiger partial charge is 0.368 e. The second-order valence-corrected chi connectivity index (χ2v) is 7.21. The van der Waals surface area contributed by atoms with E-state index in [4.69, 9.17) is 11.6 Å². The predicted octanol–water partition coefficient (Wildman–Crippen LogP) is 3.47. The lowest BCUT2D eigenvalue weighted by Gasteiger charge is -2.36. The van der Waals surface area contributed by atoms with E-state index in [1.807, 2.05) is 17.0 Å². The highest BCUT2D eigenvalue weighted by molar-refractivity contribution is 6.30. The molecule has 0 radical (unpaired) electrons. The standard InChI is InChI=1S/C20H21ClN6O/c1-14-4-2-7-17(12-14)26-8-10-27(11-9-26)20(28)18-19(24-25-23-18)22-16-6-3-5-15(21)13-16/h2-7,12-13H,8-11H2,1H3,(H2,22,23,24,25). The highest BCUT2D eigenvalue weighted by atomic mass is 35.5. The molecule has 0 unspecified atom stereocenters. The molecule has 0 atom stereocenters. The zero-order chi connectivity index (χ0) is 19.5. The zero-order valence-corrected chi connectivity index (χ0v) is 16.3. The molecular formula is C20H21ClN6O. The van der Waals surface area contributed by atoms with Gasteiger partial charge in [0.25, 0.3) is 5.91 Å². The number of nitrogens with one attached hydrogen (secondary N) is 2. The number of hydrogen-bond acceptors (Lipinski definition) is 5. The molecule has 0 saturated carbocycles. The van der Waals surface area contributed by atoms with Crippen LogP contribution in [0.4, 0.5) is 17.2 Å². The second-order valence-electron chi connectivity index (χ2n) is 6.77. The molecule has 1 aromatic heterocycles. The predicted molar refractivity (Wildman–Crippen MR) is 110 cm³/mol. The topological polar surface area (TPSA) is 77.2 Å². The molecular weight excluding hydrogens is 376 g/mol. The summed E-state index contributed by atoms with van der Waals surface area (Å²) in [5.41, 5.74) is 3.45. The lowest BCUT2D eigenvalue weighted by molar-refractivity contribution is 0.0742. The number of rotatable bonds is 4. The summed E-state index contributed by atoms with van der Waals surface area (Å²) in [4.78, 5) is 17.1. The maximum Gasteiger partial charge on any atom is 0.278 e. The fraction of sp³-hybridized carbons (Fsp3) is 0.250. The summed E-state index contributed by atoms with van der Waals surface area (Å²) in [5, 5.41) is 14.4. The van der Waals surface area contributed by atoms with Gasteiger partial charge in [-0.25, -0.2) is 0 Å². The van der Waals surface area contributed by atoms with Crippen LogP contribution >= 0.6 is 11.6 Å². The van der Waals surface area contributed by atoms with Gasteiger partial charge in [-0.15, -0.1) is 10.2 Å².